The third-order valence-electron chi connectivity index (χ3n) is 4.24. The van der Waals surface area contributed by atoms with Crippen LogP contribution in [0, 0.1) is 5.82 Å². The molecular weight excluding hydrogens is 287 g/mol. The predicted octanol–water partition coefficient (Wildman–Crippen LogP) is 2.42. The van der Waals surface area contributed by atoms with Crippen LogP contribution in [0.1, 0.15) is 48.9 Å². The summed E-state index contributed by atoms with van der Waals surface area (Å²) >= 11 is 0. The number of ether oxygens (including phenoxy) is 2. The van der Waals surface area contributed by atoms with Gasteiger partial charge in [-0.25, -0.2) is 4.39 Å². The Morgan fingerprint density at radius 3 is 2.82 bits per heavy atom. The highest BCUT2D eigenvalue weighted by molar-refractivity contribution is 5.93. The summed E-state index contributed by atoms with van der Waals surface area (Å²) < 4.78 is 25.0. The number of halogens is 1. The Morgan fingerprint density at radius 1 is 1.32 bits per heavy atom. The lowest BCUT2D eigenvalue weighted by Gasteiger charge is -2.26. The highest BCUT2D eigenvalue weighted by atomic mass is 19.1. The minimum Gasteiger partial charge on any atom is -0.349 e. The minimum absolute atomic E-state index is 0.149. The molecular formula is C16H21FN2O3. The number of hydrogen-bond acceptors (Lipinski definition) is 4. The molecule has 1 aliphatic carbocycles. The number of aromatic nitrogens is 1. The van der Waals surface area contributed by atoms with Crippen LogP contribution in [0.25, 0.3) is 0 Å². The Balaban J connectivity index is 1.51. The van der Waals surface area contributed by atoms with E-state index in [4.69, 9.17) is 9.47 Å². The Morgan fingerprint density at radius 2 is 2.09 bits per heavy atom. The van der Waals surface area contributed by atoms with Crippen LogP contribution < -0.4 is 5.32 Å². The SMILES string of the molecule is O=C(NC[C@@H]1COC2(CCCCCC2)O1)c1cncc(F)c1. The first-order valence-electron chi connectivity index (χ1n) is 7.87. The van der Waals surface area contributed by atoms with Gasteiger partial charge in [0.25, 0.3) is 5.91 Å². The topological polar surface area (TPSA) is 60.5 Å². The Bertz CT molecular complexity index is 530. The second-order valence-electron chi connectivity index (χ2n) is 5.98. The number of nitrogens with zero attached hydrogens (tertiary/aromatic N) is 1. The van der Waals surface area contributed by atoms with Gasteiger partial charge in [-0.1, -0.05) is 12.8 Å². The van der Waals surface area contributed by atoms with Crippen LogP contribution >= 0.6 is 0 Å². The fraction of sp³-hybridized carbons (Fsp3) is 0.625. The van der Waals surface area contributed by atoms with Gasteiger partial charge in [-0.05, 0) is 18.9 Å². The second-order valence-corrected chi connectivity index (χ2v) is 5.98. The van der Waals surface area contributed by atoms with Crippen molar-refractivity contribution in [2.45, 2.75) is 50.4 Å². The van der Waals surface area contributed by atoms with Gasteiger partial charge < -0.3 is 14.8 Å². The van der Waals surface area contributed by atoms with Crippen molar-refractivity contribution in [2.75, 3.05) is 13.2 Å². The van der Waals surface area contributed by atoms with Crippen molar-refractivity contribution in [3.63, 3.8) is 0 Å². The maximum Gasteiger partial charge on any atom is 0.253 e. The van der Waals surface area contributed by atoms with Crippen LogP contribution in [0.2, 0.25) is 0 Å². The van der Waals surface area contributed by atoms with Crippen molar-refractivity contribution in [1.29, 1.82) is 0 Å². The zero-order valence-corrected chi connectivity index (χ0v) is 12.5. The molecule has 2 fully saturated rings. The normalized spacial score (nSPS) is 24.1. The fourth-order valence-corrected chi connectivity index (χ4v) is 3.09. The van der Waals surface area contributed by atoms with Crippen LogP contribution in [-0.4, -0.2) is 35.9 Å². The molecule has 1 aromatic heterocycles. The summed E-state index contributed by atoms with van der Waals surface area (Å²) in [6.45, 7) is 0.846. The zero-order valence-electron chi connectivity index (χ0n) is 12.5. The van der Waals surface area contributed by atoms with Crippen LogP contribution in [0.15, 0.2) is 18.5 Å². The summed E-state index contributed by atoms with van der Waals surface area (Å²) in [6, 6.07) is 1.17. The van der Waals surface area contributed by atoms with E-state index in [9.17, 15) is 9.18 Å². The summed E-state index contributed by atoms with van der Waals surface area (Å²) in [5.74, 6) is -1.32. The molecule has 3 rings (SSSR count). The van der Waals surface area contributed by atoms with E-state index in [-0.39, 0.29) is 17.6 Å². The van der Waals surface area contributed by atoms with E-state index >= 15 is 0 Å². The van der Waals surface area contributed by atoms with Gasteiger partial charge in [-0.15, -0.1) is 0 Å². The number of rotatable bonds is 3. The van der Waals surface area contributed by atoms with Gasteiger partial charge in [-0.2, -0.15) is 0 Å². The van der Waals surface area contributed by atoms with Crippen LogP contribution in [0.4, 0.5) is 4.39 Å². The van der Waals surface area contributed by atoms with Crippen molar-refractivity contribution in [3.05, 3.63) is 29.8 Å². The highest BCUT2D eigenvalue weighted by Gasteiger charge is 2.41. The summed E-state index contributed by atoms with van der Waals surface area (Å²) in [5.41, 5.74) is 0.211. The quantitative estimate of drug-likeness (QED) is 0.931. The first-order valence-corrected chi connectivity index (χ1v) is 7.87. The molecule has 1 aliphatic heterocycles. The van der Waals surface area contributed by atoms with Crippen LogP contribution in [0.5, 0.6) is 0 Å². The third-order valence-corrected chi connectivity index (χ3v) is 4.24. The van der Waals surface area contributed by atoms with Gasteiger partial charge in [0, 0.05) is 25.6 Å². The van der Waals surface area contributed by atoms with E-state index in [1.165, 1.54) is 25.1 Å². The molecule has 5 nitrogen and oxygen atoms in total. The number of carbonyl (C=O) groups excluding carboxylic acids is 1. The molecule has 1 spiro atoms. The molecule has 1 N–H and O–H groups in total. The lowest BCUT2D eigenvalue weighted by Crippen LogP contribution is -2.36. The first-order chi connectivity index (χ1) is 10.7. The first kappa shape index (κ1) is 15.4. The monoisotopic (exact) mass is 308 g/mol. The summed E-state index contributed by atoms with van der Waals surface area (Å²) in [5, 5.41) is 2.76. The van der Waals surface area contributed by atoms with Gasteiger partial charge in [0.05, 0.1) is 18.4 Å². The molecule has 2 heterocycles. The van der Waals surface area contributed by atoms with Gasteiger partial charge in [0.1, 0.15) is 11.9 Å². The summed E-state index contributed by atoms with van der Waals surface area (Å²) in [4.78, 5) is 15.6. The van der Waals surface area contributed by atoms with Crippen molar-refractivity contribution >= 4 is 5.91 Å². The zero-order chi connectivity index (χ0) is 15.4. The van der Waals surface area contributed by atoms with Crippen LogP contribution in [-0.2, 0) is 9.47 Å². The standard InChI is InChI=1S/C16H21FN2O3/c17-13-7-12(8-18-9-13)15(20)19-10-14-11-21-16(22-14)5-3-1-2-4-6-16/h7-9,14H,1-6,10-11H2,(H,19,20)/t14-/m1/s1. The molecule has 0 bridgehead atoms. The van der Waals surface area contributed by atoms with Crippen molar-refractivity contribution in [2.24, 2.45) is 0 Å². The average molecular weight is 308 g/mol. The lowest BCUT2D eigenvalue weighted by molar-refractivity contribution is -0.175. The largest absolute Gasteiger partial charge is 0.349 e. The molecule has 22 heavy (non-hydrogen) atoms. The maximum atomic E-state index is 13.1. The highest BCUT2D eigenvalue weighted by Crippen LogP contribution is 2.36. The molecule has 1 saturated carbocycles. The number of carbonyl (C=O) groups is 1. The van der Waals surface area contributed by atoms with E-state index in [1.54, 1.807) is 0 Å². The van der Waals surface area contributed by atoms with Crippen LogP contribution in [0.3, 0.4) is 0 Å². The smallest absolute Gasteiger partial charge is 0.253 e. The fourth-order valence-electron chi connectivity index (χ4n) is 3.09. The Hall–Kier alpha value is -1.53. The molecule has 0 unspecified atom stereocenters. The van der Waals surface area contributed by atoms with E-state index in [0.29, 0.717) is 13.2 Å². The van der Waals surface area contributed by atoms with Crippen molar-refractivity contribution in [3.8, 4) is 0 Å². The molecule has 1 saturated heterocycles. The third kappa shape index (κ3) is 3.62. The molecule has 0 radical (unpaired) electrons. The van der Waals surface area contributed by atoms with Crippen molar-refractivity contribution < 1.29 is 18.7 Å². The van der Waals surface area contributed by atoms with Gasteiger partial charge in [0.2, 0.25) is 0 Å². The van der Waals surface area contributed by atoms with E-state index in [0.717, 1.165) is 31.9 Å². The molecule has 1 atom stereocenters. The maximum absolute atomic E-state index is 13.1. The average Bonchev–Trinajstić information content (AvgIpc) is 2.76. The van der Waals surface area contributed by atoms with Crippen molar-refractivity contribution in [1.82, 2.24) is 10.3 Å². The second kappa shape index (κ2) is 6.71. The van der Waals surface area contributed by atoms with Gasteiger partial charge in [0.15, 0.2) is 5.79 Å². The van der Waals surface area contributed by atoms with E-state index in [2.05, 4.69) is 10.3 Å². The van der Waals surface area contributed by atoms with E-state index in [1.807, 2.05) is 0 Å². The molecule has 0 aromatic carbocycles. The number of amides is 1. The molecule has 6 heteroatoms. The molecule has 2 aliphatic rings. The Labute approximate surface area is 129 Å². The van der Waals surface area contributed by atoms with Gasteiger partial charge in [-0.3, -0.25) is 9.78 Å². The summed E-state index contributed by atoms with van der Waals surface area (Å²) in [6.07, 6.45) is 8.80. The predicted molar refractivity (Wildman–Crippen MR) is 77.8 cm³/mol. The number of pyridine rings is 1. The number of nitrogens with one attached hydrogen (secondary N) is 1. The molecule has 1 aromatic rings. The van der Waals surface area contributed by atoms with Gasteiger partial charge >= 0.3 is 0 Å². The Kier molecular flexibility index (Phi) is 4.69. The summed E-state index contributed by atoms with van der Waals surface area (Å²) in [7, 11) is 0. The van der Waals surface area contributed by atoms with E-state index < -0.39 is 11.6 Å². The lowest BCUT2D eigenvalue weighted by atomic mass is 10.1. The molecule has 120 valence electrons. The number of hydrogen-bond donors (Lipinski definition) is 1. The minimum atomic E-state index is -0.523. The molecule has 1 amide bonds.